The summed E-state index contributed by atoms with van der Waals surface area (Å²) in [7, 11) is 0. The lowest BCUT2D eigenvalue weighted by molar-refractivity contribution is -0.121. The molecule has 0 aliphatic heterocycles. The molecule has 0 spiro atoms. The second kappa shape index (κ2) is 11.4. The SMILES string of the molecule is Cc1ccc(CCNC(=O)CCCn2c(=O)c3ccccc3n(Cc3c(C)cc(C)cc3C)c2=O)cc1. The van der Waals surface area contributed by atoms with E-state index in [9.17, 15) is 14.4 Å². The number of rotatable bonds is 9. The largest absolute Gasteiger partial charge is 0.356 e. The summed E-state index contributed by atoms with van der Waals surface area (Å²) in [6.45, 7) is 9.35. The molecule has 0 atom stereocenters. The van der Waals surface area contributed by atoms with E-state index in [1.54, 1.807) is 10.6 Å². The minimum Gasteiger partial charge on any atom is -0.356 e. The van der Waals surface area contributed by atoms with Crippen LogP contribution in [0.5, 0.6) is 0 Å². The first-order valence-corrected chi connectivity index (χ1v) is 12.9. The number of carbonyl (C=O) groups is 1. The minimum atomic E-state index is -0.345. The molecule has 0 aliphatic rings. The van der Waals surface area contributed by atoms with Crippen molar-refractivity contribution in [3.8, 4) is 0 Å². The van der Waals surface area contributed by atoms with Crippen LogP contribution >= 0.6 is 0 Å². The molecule has 0 fully saturated rings. The molecule has 0 radical (unpaired) electrons. The maximum atomic E-state index is 13.6. The molecule has 0 saturated heterocycles. The van der Waals surface area contributed by atoms with Gasteiger partial charge in [0.25, 0.3) is 5.56 Å². The Bertz CT molecular complexity index is 1520. The highest BCUT2D eigenvalue weighted by Crippen LogP contribution is 2.19. The Balaban J connectivity index is 1.49. The van der Waals surface area contributed by atoms with Gasteiger partial charge in [0.05, 0.1) is 17.4 Å². The third-order valence-corrected chi connectivity index (χ3v) is 6.93. The number of amides is 1. The molecular formula is C31H35N3O3. The Labute approximate surface area is 217 Å². The van der Waals surface area contributed by atoms with E-state index in [2.05, 4.69) is 62.5 Å². The molecule has 1 aromatic heterocycles. The number of aromatic nitrogens is 2. The third-order valence-electron chi connectivity index (χ3n) is 6.93. The smallest absolute Gasteiger partial charge is 0.331 e. The predicted octanol–water partition coefficient (Wildman–Crippen LogP) is 4.58. The van der Waals surface area contributed by atoms with E-state index in [4.69, 9.17) is 0 Å². The minimum absolute atomic E-state index is 0.0767. The Kier molecular flexibility index (Phi) is 8.07. The summed E-state index contributed by atoms with van der Waals surface area (Å²) >= 11 is 0. The first-order valence-electron chi connectivity index (χ1n) is 12.9. The number of hydrogen-bond donors (Lipinski definition) is 1. The van der Waals surface area contributed by atoms with Crippen LogP contribution in [0.15, 0.2) is 70.3 Å². The van der Waals surface area contributed by atoms with Crippen LogP contribution in [-0.4, -0.2) is 21.6 Å². The predicted molar refractivity (Wildman–Crippen MR) is 149 cm³/mol. The first kappa shape index (κ1) is 26.1. The second-order valence-electron chi connectivity index (χ2n) is 9.91. The summed E-state index contributed by atoms with van der Waals surface area (Å²) in [6, 6.07) is 19.7. The van der Waals surface area contributed by atoms with E-state index in [-0.39, 0.29) is 30.1 Å². The molecule has 1 heterocycles. The quantitative estimate of drug-likeness (QED) is 0.368. The van der Waals surface area contributed by atoms with Crippen LogP contribution in [0.25, 0.3) is 10.9 Å². The van der Waals surface area contributed by atoms with E-state index in [1.807, 2.05) is 25.1 Å². The molecule has 0 bridgehead atoms. The van der Waals surface area contributed by atoms with Gasteiger partial charge in [0.15, 0.2) is 0 Å². The number of hydrogen-bond acceptors (Lipinski definition) is 3. The lowest BCUT2D eigenvalue weighted by atomic mass is 9.99. The molecule has 0 saturated carbocycles. The van der Waals surface area contributed by atoms with Crippen molar-refractivity contribution in [1.29, 1.82) is 0 Å². The van der Waals surface area contributed by atoms with Gasteiger partial charge in [-0.25, -0.2) is 4.79 Å². The molecule has 0 aliphatic carbocycles. The van der Waals surface area contributed by atoms with Gasteiger partial charge in [0, 0.05) is 19.5 Å². The highest BCUT2D eigenvalue weighted by Gasteiger charge is 2.15. The number of fused-ring (bicyclic) bond motifs is 1. The van der Waals surface area contributed by atoms with Crippen molar-refractivity contribution in [2.24, 2.45) is 0 Å². The van der Waals surface area contributed by atoms with Crippen LogP contribution in [0.3, 0.4) is 0 Å². The molecule has 1 amide bonds. The molecule has 1 N–H and O–H groups in total. The van der Waals surface area contributed by atoms with Crippen LogP contribution in [0.1, 0.15) is 46.2 Å². The van der Waals surface area contributed by atoms with Crippen molar-refractivity contribution in [2.45, 2.75) is 60.0 Å². The molecular weight excluding hydrogens is 462 g/mol. The van der Waals surface area contributed by atoms with Gasteiger partial charge in [-0.2, -0.15) is 0 Å². The number of benzene rings is 3. The van der Waals surface area contributed by atoms with Gasteiger partial charge < -0.3 is 5.32 Å². The topological polar surface area (TPSA) is 73.1 Å². The summed E-state index contributed by atoms with van der Waals surface area (Å²) in [5.74, 6) is -0.0767. The van der Waals surface area contributed by atoms with Crippen molar-refractivity contribution in [2.75, 3.05) is 6.54 Å². The maximum absolute atomic E-state index is 13.6. The van der Waals surface area contributed by atoms with Crippen LogP contribution in [-0.2, 0) is 24.3 Å². The molecule has 6 heteroatoms. The normalized spacial score (nSPS) is 11.1. The van der Waals surface area contributed by atoms with Gasteiger partial charge in [-0.05, 0) is 74.9 Å². The zero-order chi connectivity index (χ0) is 26.5. The van der Waals surface area contributed by atoms with E-state index < -0.39 is 0 Å². The van der Waals surface area contributed by atoms with E-state index in [0.29, 0.717) is 30.4 Å². The summed E-state index contributed by atoms with van der Waals surface area (Å²) in [6.07, 6.45) is 1.42. The lowest BCUT2D eigenvalue weighted by Crippen LogP contribution is -2.40. The molecule has 37 heavy (non-hydrogen) atoms. The summed E-state index contributed by atoms with van der Waals surface area (Å²) < 4.78 is 2.96. The fraction of sp³-hybridized carbons (Fsp3) is 0.323. The Morgan fingerprint density at radius 1 is 0.838 bits per heavy atom. The van der Waals surface area contributed by atoms with Crippen molar-refractivity contribution in [1.82, 2.24) is 14.5 Å². The zero-order valence-electron chi connectivity index (χ0n) is 22.1. The molecule has 4 aromatic rings. The van der Waals surface area contributed by atoms with Crippen molar-refractivity contribution < 1.29 is 4.79 Å². The van der Waals surface area contributed by atoms with Gasteiger partial charge in [0.2, 0.25) is 5.91 Å². The van der Waals surface area contributed by atoms with E-state index >= 15 is 0 Å². The van der Waals surface area contributed by atoms with Gasteiger partial charge in [-0.1, -0.05) is 59.7 Å². The number of nitrogens with zero attached hydrogens (tertiary/aromatic N) is 2. The second-order valence-corrected chi connectivity index (χ2v) is 9.91. The highest BCUT2D eigenvalue weighted by molar-refractivity contribution is 5.78. The molecule has 4 rings (SSSR count). The summed E-state index contributed by atoms with van der Waals surface area (Å²) in [4.78, 5) is 39.2. The van der Waals surface area contributed by atoms with E-state index in [0.717, 1.165) is 23.1 Å². The fourth-order valence-corrected chi connectivity index (χ4v) is 4.93. The molecule has 192 valence electrons. The Morgan fingerprint density at radius 2 is 1.51 bits per heavy atom. The van der Waals surface area contributed by atoms with Gasteiger partial charge in [-0.15, -0.1) is 0 Å². The van der Waals surface area contributed by atoms with Crippen LogP contribution in [0.2, 0.25) is 0 Å². The average molecular weight is 498 g/mol. The van der Waals surface area contributed by atoms with Crippen LogP contribution < -0.4 is 16.6 Å². The Morgan fingerprint density at radius 3 is 2.22 bits per heavy atom. The number of para-hydroxylation sites is 1. The molecule has 3 aromatic carbocycles. The fourth-order valence-electron chi connectivity index (χ4n) is 4.93. The zero-order valence-corrected chi connectivity index (χ0v) is 22.1. The van der Waals surface area contributed by atoms with Crippen molar-refractivity contribution in [3.05, 3.63) is 115 Å². The van der Waals surface area contributed by atoms with E-state index in [1.165, 1.54) is 21.3 Å². The van der Waals surface area contributed by atoms with Crippen molar-refractivity contribution in [3.63, 3.8) is 0 Å². The van der Waals surface area contributed by atoms with Crippen LogP contribution in [0.4, 0.5) is 0 Å². The van der Waals surface area contributed by atoms with Gasteiger partial charge in [0.1, 0.15) is 0 Å². The summed E-state index contributed by atoms with van der Waals surface area (Å²) in [5, 5.41) is 3.45. The van der Waals surface area contributed by atoms with Crippen LogP contribution in [0, 0.1) is 27.7 Å². The molecule has 0 unspecified atom stereocenters. The first-order chi connectivity index (χ1) is 17.7. The summed E-state index contributed by atoms with van der Waals surface area (Å²) in [5.41, 5.74) is 6.85. The number of nitrogens with one attached hydrogen (secondary N) is 1. The van der Waals surface area contributed by atoms with Gasteiger partial charge in [-0.3, -0.25) is 18.7 Å². The molecule has 6 nitrogen and oxygen atoms in total. The number of carbonyl (C=O) groups excluding carboxylic acids is 1. The highest BCUT2D eigenvalue weighted by atomic mass is 16.2. The maximum Gasteiger partial charge on any atom is 0.331 e. The lowest BCUT2D eigenvalue weighted by Gasteiger charge is -2.17. The van der Waals surface area contributed by atoms with Crippen molar-refractivity contribution >= 4 is 16.8 Å². The third kappa shape index (κ3) is 6.08. The monoisotopic (exact) mass is 497 g/mol. The Hall–Kier alpha value is -3.93. The number of aryl methyl sites for hydroxylation is 4. The van der Waals surface area contributed by atoms with Gasteiger partial charge >= 0.3 is 5.69 Å². The average Bonchev–Trinajstić information content (AvgIpc) is 2.86. The standard InChI is InChI=1S/C31H35N3O3/c1-21-11-13-25(14-12-21)15-16-32-29(35)10-7-17-33-30(36)26-8-5-6-9-28(26)34(31(33)37)20-27-23(3)18-22(2)19-24(27)4/h5-6,8-9,11-14,18-19H,7,10,15-17,20H2,1-4H3,(H,32,35).